The number of nitrogens with one attached hydrogen (secondary N) is 1. The van der Waals surface area contributed by atoms with E-state index in [0.29, 0.717) is 29.0 Å². The molecule has 0 saturated carbocycles. The lowest BCUT2D eigenvalue weighted by molar-refractivity contribution is -0.487. The third-order valence-electron chi connectivity index (χ3n) is 4.42. The zero-order valence-electron chi connectivity index (χ0n) is 15.3. The lowest BCUT2D eigenvalue weighted by Gasteiger charge is -2.07. The average Bonchev–Trinajstić information content (AvgIpc) is 3.02. The summed E-state index contributed by atoms with van der Waals surface area (Å²) in [6, 6.07) is 10.9. The number of benzene rings is 2. The van der Waals surface area contributed by atoms with Crippen molar-refractivity contribution in [1.82, 2.24) is 9.55 Å². The number of nitriles is 1. The third-order valence-corrected chi connectivity index (χ3v) is 4.42. The van der Waals surface area contributed by atoms with Crippen LogP contribution in [0.1, 0.15) is 22.6 Å². The lowest BCUT2D eigenvalue weighted by atomic mass is 10.2. The molecule has 0 bridgehead atoms. The van der Waals surface area contributed by atoms with Gasteiger partial charge in [0.05, 0.1) is 22.9 Å². The summed E-state index contributed by atoms with van der Waals surface area (Å²) in [6.07, 6.45) is 2.24. The van der Waals surface area contributed by atoms with Crippen LogP contribution in [0.15, 0.2) is 46.5 Å². The van der Waals surface area contributed by atoms with Gasteiger partial charge in [-0.2, -0.15) is 5.26 Å². The minimum atomic E-state index is -0.852. The molecular weight excluding hydrogens is 376 g/mol. The second-order valence-corrected chi connectivity index (χ2v) is 6.33. The van der Waals surface area contributed by atoms with Crippen LogP contribution in [0.3, 0.4) is 0 Å². The minimum Gasteiger partial charge on any atom is -0.308 e. The number of hydrogen-bond donors (Lipinski definition) is 1. The molecule has 0 amide bonds. The molecule has 2 aromatic carbocycles. The molecule has 1 aliphatic rings. The molecule has 3 aromatic rings. The van der Waals surface area contributed by atoms with E-state index in [4.69, 9.17) is 10.7 Å². The standard InChI is InChI=1S/C20H14F2N7/c1-12-26-19-10-28(27-18-7-14(21)6-17(22)16(18)9-24)11-25-20(19)29(12)15-4-2-13(8-23)3-5-15/h2-7,9,11,24H,10H2,1H3/q+1. The maximum Gasteiger partial charge on any atom is 0.309 e. The van der Waals surface area contributed by atoms with Crippen molar-refractivity contribution < 1.29 is 13.5 Å². The molecule has 9 heteroatoms. The molecule has 0 fully saturated rings. The van der Waals surface area contributed by atoms with E-state index in [9.17, 15) is 8.78 Å². The fourth-order valence-corrected chi connectivity index (χ4v) is 3.12. The van der Waals surface area contributed by atoms with Crippen LogP contribution in [0, 0.1) is 35.3 Å². The average molecular weight is 390 g/mol. The Labute approximate surface area is 164 Å². The van der Waals surface area contributed by atoms with Crippen molar-refractivity contribution in [3.8, 4) is 11.8 Å². The Morgan fingerprint density at radius 2 is 2.03 bits per heavy atom. The molecule has 0 radical (unpaired) electrons. The Morgan fingerprint density at radius 1 is 1.28 bits per heavy atom. The zero-order valence-corrected chi connectivity index (χ0v) is 15.3. The minimum absolute atomic E-state index is 0.00403. The Hall–Kier alpha value is -4.06. The van der Waals surface area contributed by atoms with Gasteiger partial charge in [0.2, 0.25) is 0 Å². The molecule has 142 valence electrons. The second-order valence-electron chi connectivity index (χ2n) is 6.33. The summed E-state index contributed by atoms with van der Waals surface area (Å²) < 4.78 is 30.7. The van der Waals surface area contributed by atoms with Gasteiger partial charge < -0.3 is 5.41 Å². The van der Waals surface area contributed by atoms with Gasteiger partial charge in [-0.15, -0.1) is 4.70 Å². The number of imidazole rings is 1. The smallest absolute Gasteiger partial charge is 0.308 e. The molecule has 0 saturated heterocycles. The molecule has 0 aliphatic carbocycles. The summed E-state index contributed by atoms with van der Waals surface area (Å²) in [5, 5.41) is 20.5. The van der Waals surface area contributed by atoms with E-state index in [1.807, 2.05) is 23.6 Å². The van der Waals surface area contributed by atoms with E-state index in [1.54, 1.807) is 12.1 Å². The third kappa shape index (κ3) is 3.32. The van der Waals surface area contributed by atoms with Gasteiger partial charge >= 0.3 is 6.34 Å². The van der Waals surface area contributed by atoms with Gasteiger partial charge in [0.1, 0.15) is 23.1 Å². The zero-order chi connectivity index (χ0) is 20.5. The second kappa shape index (κ2) is 7.16. The molecule has 0 atom stereocenters. The summed E-state index contributed by atoms with van der Waals surface area (Å²) in [5.74, 6) is -0.302. The predicted molar refractivity (Wildman–Crippen MR) is 101 cm³/mol. The molecule has 0 unspecified atom stereocenters. The fraction of sp³-hybridized carbons (Fsp3) is 0.100. The molecule has 29 heavy (non-hydrogen) atoms. The van der Waals surface area contributed by atoms with Gasteiger partial charge in [-0.25, -0.2) is 13.8 Å². The lowest BCUT2D eigenvalue weighted by Crippen LogP contribution is -2.12. The molecule has 1 aromatic heterocycles. The van der Waals surface area contributed by atoms with Crippen LogP contribution in [0.25, 0.3) is 5.69 Å². The van der Waals surface area contributed by atoms with E-state index in [2.05, 4.69) is 21.2 Å². The first-order valence-corrected chi connectivity index (χ1v) is 8.61. The highest BCUT2D eigenvalue weighted by Crippen LogP contribution is 2.30. The molecule has 1 aliphatic heterocycles. The Kier molecular flexibility index (Phi) is 4.52. The molecule has 1 N–H and O–H groups in total. The van der Waals surface area contributed by atoms with E-state index >= 15 is 0 Å². The van der Waals surface area contributed by atoms with Crippen LogP contribution >= 0.6 is 0 Å². The topological polar surface area (TPSA) is 93.2 Å². The number of azo groups is 2. The predicted octanol–water partition coefficient (Wildman–Crippen LogP) is 4.30. The van der Waals surface area contributed by atoms with Crippen molar-refractivity contribution in [2.45, 2.75) is 13.5 Å². The molecule has 0 spiro atoms. The number of fused-ring (bicyclic) bond motifs is 1. The monoisotopic (exact) mass is 390 g/mol. The van der Waals surface area contributed by atoms with Gasteiger partial charge in [0.15, 0.2) is 12.2 Å². The first-order valence-electron chi connectivity index (χ1n) is 8.61. The van der Waals surface area contributed by atoms with E-state index in [-0.39, 0.29) is 17.8 Å². The molecular formula is C20H14F2N7+. The number of aryl methyl sites for hydroxylation is 1. The summed E-state index contributed by atoms with van der Waals surface area (Å²) in [5.41, 5.74) is 1.90. The molecule has 4 rings (SSSR count). The van der Waals surface area contributed by atoms with Crippen molar-refractivity contribution in [2.24, 2.45) is 10.1 Å². The number of halogens is 2. The fourth-order valence-electron chi connectivity index (χ4n) is 3.12. The Bertz CT molecular complexity index is 1230. The van der Waals surface area contributed by atoms with E-state index in [1.165, 1.54) is 11.0 Å². The normalized spacial score (nSPS) is 13.9. The maximum atomic E-state index is 13.9. The highest BCUT2D eigenvalue weighted by atomic mass is 19.1. The SMILES string of the molecule is Cc1nc2c(n1-c1ccc(C#N)cc1)N=C[N+](=Nc1cc(F)cc(F)c1C=N)C2. The number of hydrogen-bond acceptors (Lipinski definition) is 5. The van der Waals surface area contributed by atoms with Gasteiger partial charge in [-0.1, -0.05) is 5.11 Å². The number of rotatable bonds is 3. The van der Waals surface area contributed by atoms with Crippen molar-refractivity contribution in [1.29, 1.82) is 10.7 Å². The molecule has 2 heterocycles. The van der Waals surface area contributed by atoms with Crippen LogP contribution < -0.4 is 0 Å². The largest absolute Gasteiger partial charge is 0.309 e. The van der Waals surface area contributed by atoms with Gasteiger partial charge in [0.25, 0.3) is 5.82 Å². The Morgan fingerprint density at radius 3 is 2.72 bits per heavy atom. The van der Waals surface area contributed by atoms with Crippen molar-refractivity contribution in [3.63, 3.8) is 0 Å². The van der Waals surface area contributed by atoms with Crippen LogP contribution in [0.4, 0.5) is 20.3 Å². The van der Waals surface area contributed by atoms with Crippen molar-refractivity contribution in [2.75, 3.05) is 0 Å². The van der Waals surface area contributed by atoms with Crippen molar-refractivity contribution in [3.05, 3.63) is 70.7 Å². The van der Waals surface area contributed by atoms with E-state index < -0.39 is 11.6 Å². The van der Waals surface area contributed by atoms with Crippen LogP contribution in [0.5, 0.6) is 0 Å². The van der Waals surface area contributed by atoms with Crippen LogP contribution in [-0.4, -0.2) is 26.8 Å². The summed E-state index contributed by atoms with van der Waals surface area (Å²) in [7, 11) is 0. The number of aliphatic imine (C=N–C) groups is 1. The summed E-state index contributed by atoms with van der Waals surface area (Å²) >= 11 is 0. The van der Waals surface area contributed by atoms with Gasteiger partial charge in [-0.05, 0) is 36.2 Å². The highest BCUT2D eigenvalue weighted by Gasteiger charge is 2.26. The van der Waals surface area contributed by atoms with Crippen LogP contribution in [-0.2, 0) is 6.54 Å². The van der Waals surface area contributed by atoms with E-state index in [0.717, 1.165) is 18.0 Å². The Balaban J connectivity index is 1.73. The van der Waals surface area contributed by atoms with Crippen molar-refractivity contribution >= 4 is 24.1 Å². The highest BCUT2D eigenvalue weighted by molar-refractivity contribution is 5.84. The number of aromatic nitrogens is 2. The first-order chi connectivity index (χ1) is 14.0. The first kappa shape index (κ1) is 18.3. The van der Waals surface area contributed by atoms with Crippen LogP contribution in [0.2, 0.25) is 0 Å². The number of nitrogens with zero attached hydrogens (tertiary/aromatic N) is 6. The maximum absolute atomic E-state index is 13.9. The molecule has 7 nitrogen and oxygen atoms in total. The summed E-state index contributed by atoms with van der Waals surface area (Å²) in [6.45, 7) is 2.08. The summed E-state index contributed by atoms with van der Waals surface area (Å²) in [4.78, 5) is 8.94. The van der Waals surface area contributed by atoms with Gasteiger partial charge in [-0.3, -0.25) is 4.57 Å². The quantitative estimate of drug-likeness (QED) is 0.533. The van der Waals surface area contributed by atoms with Gasteiger partial charge in [0, 0.05) is 18.3 Å².